The Kier molecular flexibility index (Phi) is 5.40. The van der Waals surface area contributed by atoms with Crippen LogP contribution in [0.1, 0.15) is 35.4 Å². The van der Waals surface area contributed by atoms with E-state index in [1.165, 1.54) is 22.3 Å². The summed E-state index contributed by atoms with van der Waals surface area (Å²) in [5.74, 6) is 1.91. The molecule has 3 heteroatoms. The molecule has 1 unspecified atom stereocenters. The van der Waals surface area contributed by atoms with E-state index in [0.717, 1.165) is 23.5 Å². The third kappa shape index (κ3) is 4.17. The number of hydrogen-bond acceptors (Lipinski definition) is 3. The Morgan fingerprint density at radius 3 is 2.39 bits per heavy atom. The second-order valence-corrected chi connectivity index (χ2v) is 7.98. The number of ether oxygens (including phenoxy) is 2. The Hall–Kier alpha value is -3.59. The third-order valence-corrected chi connectivity index (χ3v) is 5.93. The van der Waals surface area contributed by atoms with Crippen LogP contribution in [0.2, 0.25) is 0 Å². The van der Waals surface area contributed by atoms with E-state index in [1.54, 1.807) is 0 Å². The predicted molar refractivity (Wildman–Crippen MR) is 122 cm³/mol. The fourth-order valence-electron chi connectivity index (χ4n) is 4.40. The van der Waals surface area contributed by atoms with Gasteiger partial charge >= 0.3 is 0 Å². The third-order valence-electron chi connectivity index (χ3n) is 5.93. The molecule has 154 valence electrons. The minimum Gasteiger partial charge on any atom is -0.454 e. The zero-order valence-corrected chi connectivity index (χ0v) is 17.3. The SMILES string of the molecule is O=C(CCC1=CC=C(c2ccccc2)C1c1ccccc1)Cc1ccc2c(c1)OCO2. The highest BCUT2D eigenvalue weighted by Gasteiger charge is 2.26. The van der Waals surface area contributed by atoms with Crippen LogP contribution in [0, 0.1) is 0 Å². The summed E-state index contributed by atoms with van der Waals surface area (Å²) in [6, 6.07) is 26.8. The fraction of sp³-hybridized carbons (Fsp3) is 0.179. The molecular weight excluding hydrogens is 384 g/mol. The van der Waals surface area contributed by atoms with Crippen LogP contribution in [0.3, 0.4) is 0 Å². The highest BCUT2D eigenvalue weighted by molar-refractivity contribution is 5.83. The van der Waals surface area contributed by atoms with Gasteiger partial charge in [-0.1, -0.05) is 84.5 Å². The van der Waals surface area contributed by atoms with Gasteiger partial charge in [0.05, 0.1) is 0 Å². The summed E-state index contributed by atoms with van der Waals surface area (Å²) < 4.78 is 10.8. The Morgan fingerprint density at radius 2 is 1.58 bits per heavy atom. The van der Waals surface area contributed by atoms with Crippen LogP contribution in [-0.2, 0) is 11.2 Å². The summed E-state index contributed by atoms with van der Waals surface area (Å²) >= 11 is 0. The van der Waals surface area contributed by atoms with Crippen molar-refractivity contribution in [2.24, 2.45) is 0 Å². The van der Waals surface area contributed by atoms with Gasteiger partial charge in [-0.2, -0.15) is 0 Å². The molecule has 0 saturated heterocycles. The van der Waals surface area contributed by atoms with Crippen molar-refractivity contribution >= 4 is 11.4 Å². The smallest absolute Gasteiger partial charge is 0.231 e. The number of carbonyl (C=O) groups excluding carboxylic acids is 1. The maximum absolute atomic E-state index is 12.7. The van der Waals surface area contributed by atoms with Gasteiger partial charge in [0.2, 0.25) is 6.79 Å². The van der Waals surface area contributed by atoms with Crippen LogP contribution in [0.15, 0.2) is 96.6 Å². The molecule has 1 heterocycles. The van der Waals surface area contributed by atoms with Crippen LogP contribution < -0.4 is 9.47 Å². The molecule has 1 atom stereocenters. The first kappa shape index (κ1) is 19.4. The first-order valence-corrected chi connectivity index (χ1v) is 10.7. The summed E-state index contributed by atoms with van der Waals surface area (Å²) in [5.41, 5.74) is 6.06. The summed E-state index contributed by atoms with van der Waals surface area (Å²) in [5, 5.41) is 0. The van der Waals surface area contributed by atoms with Gasteiger partial charge in [0, 0.05) is 18.8 Å². The minimum atomic E-state index is 0.196. The Morgan fingerprint density at radius 1 is 0.839 bits per heavy atom. The number of hydrogen-bond donors (Lipinski definition) is 0. The molecule has 3 aromatic rings. The van der Waals surface area contributed by atoms with Gasteiger partial charge in [-0.3, -0.25) is 4.79 Å². The number of allylic oxidation sites excluding steroid dienone is 4. The standard InChI is InChI=1S/C28H24O3/c29-24(17-20-11-16-26-27(18-20)31-19-30-26)14-12-23-13-15-25(21-7-3-1-4-8-21)28(23)22-9-5-2-6-10-22/h1-11,13,15-16,18,28H,12,14,17,19H2. The fourth-order valence-corrected chi connectivity index (χ4v) is 4.40. The van der Waals surface area contributed by atoms with Gasteiger partial charge in [0.25, 0.3) is 0 Å². The molecule has 0 radical (unpaired) electrons. The quantitative estimate of drug-likeness (QED) is 0.473. The molecule has 2 aliphatic rings. The summed E-state index contributed by atoms with van der Waals surface area (Å²) in [6.07, 6.45) is 6.12. The first-order chi connectivity index (χ1) is 15.3. The van der Waals surface area contributed by atoms with E-state index in [0.29, 0.717) is 12.8 Å². The normalized spacial score (nSPS) is 16.7. The number of Topliss-reactive ketones (excluding diaryl/α,β-unsaturated/α-hetero) is 1. The van der Waals surface area contributed by atoms with Crippen molar-refractivity contribution in [1.29, 1.82) is 0 Å². The molecule has 0 spiro atoms. The largest absolute Gasteiger partial charge is 0.454 e. The van der Waals surface area contributed by atoms with E-state index in [1.807, 2.05) is 30.3 Å². The monoisotopic (exact) mass is 408 g/mol. The van der Waals surface area contributed by atoms with E-state index >= 15 is 0 Å². The number of benzene rings is 3. The molecule has 0 saturated carbocycles. The van der Waals surface area contributed by atoms with Gasteiger partial charge in [-0.05, 0) is 40.8 Å². The van der Waals surface area contributed by atoms with Gasteiger partial charge in [0.15, 0.2) is 11.5 Å². The molecular formula is C28H24O3. The lowest BCUT2D eigenvalue weighted by Crippen LogP contribution is -2.07. The highest BCUT2D eigenvalue weighted by Crippen LogP contribution is 2.43. The van der Waals surface area contributed by atoms with Crippen molar-refractivity contribution in [3.05, 3.63) is 113 Å². The number of ketones is 1. The van der Waals surface area contributed by atoms with Gasteiger partial charge < -0.3 is 9.47 Å². The Bertz CT molecular complexity index is 1140. The minimum absolute atomic E-state index is 0.196. The highest BCUT2D eigenvalue weighted by atomic mass is 16.7. The molecule has 3 aromatic carbocycles. The summed E-state index contributed by atoms with van der Waals surface area (Å²) in [6.45, 7) is 0.249. The van der Waals surface area contributed by atoms with Crippen molar-refractivity contribution in [2.75, 3.05) is 6.79 Å². The molecule has 31 heavy (non-hydrogen) atoms. The first-order valence-electron chi connectivity index (χ1n) is 10.7. The lowest BCUT2D eigenvalue weighted by molar-refractivity contribution is -0.118. The second kappa shape index (κ2) is 8.65. The van der Waals surface area contributed by atoms with Crippen LogP contribution in [-0.4, -0.2) is 12.6 Å². The maximum atomic E-state index is 12.7. The summed E-state index contributed by atoms with van der Waals surface area (Å²) in [7, 11) is 0. The number of fused-ring (bicyclic) bond motifs is 1. The van der Waals surface area contributed by atoms with E-state index in [-0.39, 0.29) is 18.5 Å². The van der Waals surface area contributed by atoms with E-state index in [2.05, 4.69) is 60.7 Å². The Balaban J connectivity index is 1.29. The second-order valence-electron chi connectivity index (χ2n) is 7.98. The maximum Gasteiger partial charge on any atom is 0.231 e. The summed E-state index contributed by atoms with van der Waals surface area (Å²) in [4.78, 5) is 12.7. The average molecular weight is 408 g/mol. The van der Waals surface area contributed by atoms with Crippen molar-refractivity contribution in [3.8, 4) is 11.5 Å². The van der Waals surface area contributed by atoms with Gasteiger partial charge in [-0.25, -0.2) is 0 Å². The van der Waals surface area contributed by atoms with E-state index in [4.69, 9.17) is 9.47 Å². The number of carbonyl (C=O) groups is 1. The van der Waals surface area contributed by atoms with Crippen LogP contribution in [0.25, 0.3) is 5.57 Å². The molecule has 0 bridgehead atoms. The molecule has 0 amide bonds. The van der Waals surface area contributed by atoms with Gasteiger partial charge in [-0.15, -0.1) is 0 Å². The van der Waals surface area contributed by atoms with Crippen molar-refractivity contribution in [2.45, 2.75) is 25.2 Å². The lowest BCUT2D eigenvalue weighted by atomic mass is 9.83. The molecule has 1 aliphatic heterocycles. The molecule has 0 N–H and O–H groups in total. The van der Waals surface area contributed by atoms with E-state index in [9.17, 15) is 4.79 Å². The zero-order valence-electron chi connectivity index (χ0n) is 17.3. The van der Waals surface area contributed by atoms with E-state index < -0.39 is 0 Å². The number of rotatable bonds is 7. The van der Waals surface area contributed by atoms with Crippen LogP contribution in [0.5, 0.6) is 11.5 Å². The zero-order chi connectivity index (χ0) is 21.0. The average Bonchev–Trinajstić information content (AvgIpc) is 3.45. The lowest BCUT2D eigenvalue weighted by Gasteiger charge is -2.20. The van der Waals surface area contributed by atoms with Crippen molar-refractivity contribution in [1.82, 2.24) is 0 Å². The van der Waals surface area contributed by atoms with Crippen molar-refractivity contribution < 1.29 is 14.3 Å². The van der Waals surface area contributed by atoms with Crippen LogP contribution in [0.4, 0.5) is 0 Å². The molecule has 0 aromatic heterocycles. The molecule has 3 nitrogen and oxygen atoms in total. The predicted octanol–water partition coefficient (Wildman–Crippen LogP) is 6.11. The topological polar surface area (TPSA) is 35.5 Å². The van der Waals surface area contributed by atoms with Crippen LogP contribution >= 0.6 is 0 Å². The van der Waals surface area contributed by atoms with Gasteiger partial charge in [0.1, 0.15) is 5.78 Å². The van der Waals surface area contributed by atoms with Crippen molar-refractivity contribution in [3.63, 3.8) is 0 Å². The molecule has 1 aliphatic carbocycles. The molecule has 5 rings (SSSR count). The Labute approximate surface area is 182 Å². The molecule has 0 fully saturated rings.